The molecule has 1 aliphatic rings. The molecule has 0 aliphatic carbocycles. The first-order chi connectivity index (χ1) is 20.5. The van der Waals surface area contributed by atoms with Crippen LogP contribution in [0, 0.1) is 30.0 Å². The van der Waals surface area contributed by atoms with Gasteiger partial charge in [-0.05, 0) is 50.4 Å². The summed E-state index contributed by atoms with van der Waals surface area (Å²) < 4.78 is 85.1. The molecule has 0 bridgehead atoms. The maximum Gasteiger partial charge on any atom is 0.380 e. The number of benzene rings is 1. The van der Waals surface area contributed by atoms with Gasteiger partial charge in [0.05, 0.1) is 27.5 Å². The van der Waals surface area contributed by atoms with Gasteiger partial charge in [-0.2, -0.15) is 0 Å². The molecule has 2 N–H and O–H groups in total. The van der Waals surface area contributed by atoms with Crippen LogP contribution in [0.1, 0.15) is 35.6 Å². The molecule has 3 heterocycles. The van der Waals surface area contributed by atoms with E-state index in [9.17, 15) is 23.7 Å². The number of aliphatic hydroxyl groups is 1. The zero-order valence-electron chi connectivity index (χ0n) is 24.8. The number of aliphatic hydroxyl groups excluding tert-OH is 1. The van der Waals surface area contributed by atoms with Crippen LogP contribution in [0.25, 0.3) is 11.0 Å². The zero-order chi connectivity index (χ0) is 32.6. The monoisotopic (exact) mass is 629 g/mol. The lowest BCUT2D eigenvalue weighted by Gasteiger charge is -2.24. The van der Waals surface area contributed by atoms with Crippen molar-refractivity contribution in [2.75, 3.05) is 12.7 Å². The van der Waals surface area contributed by atoms with Gasteiger partial charge in [0.25, 0.3) is 5.56 Å². The third-order valence-electron chi connectivity index (χ3n) is 6.15. The number of ether oxygens (including phenoxy) is 2. The fourth-order valence-corrected chi connectivity index (χ4v) is 6.13. The summed E-state index contributed by atoms with van der Waals surface area (Å²) in [6.07, 6.45) is -7.40. The SMILES string of the molecule is [2H]C([2H])(O[P@@](=O)(C[C@@H](C)C(=O)OC(C)C)Oc1ccccc1)[C@H]1O[C@@H](n2cc(F)c3c(=O)[nH]c(C)nc32)C(F)(C#CCl)[C@H]1O. The van der Waals surface area contributed by atoms with Crippen molar-refractivity contribution in [2.24, 2.45) is 5.92 Å². The number of aromatic nitrogens is 3. The molecule has 0 saturated carbocycles. The average Bonchev–Trinajstić information content (AvgIpc) is 3.37. The van der Waals surface area contributed by atoms with Gasteiger partial charge < -0.3 is 24.1 Å². The van der Waals surface area contributed by atoms with E-state index in [2.05, 4.69) is 9.97 Å². The van der Waals surface area contributed by atoms with Crippen molar-refractivity contribution in [1.29, 1.82) is 0 Å². The van der Waals surface area contributed by atoms with E-state index in [4.69, 9.17) is 32.9 Å². The second kappa shape index (κ2) is 12.5. The minimum atomic E-state index is -4.67. The molecule has 3 aromatic rings. The van der Waals surface area contributed by atoms with E-state index in [-0.39, 0.29) is 11.6 Å². The standard InChI is InChI=1S/C27H29ClF2N3O8P/c1-15(2)39-25(36)16(3)14-42(37,41-18-8-6-5-7-9-18)38-13-20-22(34)27(30,10-11-28)26(40-20)33-12-19(29)21-23(33)31-17(4)32-24(21)35/h5-9,12,15-16,20,22,26,34H,13-14H2,1-4H3,(H,31,32,35)/t16-,20-,22+,26-,27?,42+/m1/s1/i13D2. The molecule has 1 fully saturated rings. The highest BCUT2D eigenvalue weighted by Gasteiger charge is 2.58. The normalized spacial score (nSPS) is 25.2. The van der Waals surface area contributed by atoms with Crippen LogP contribution >= 0.6 is 19.2 Å². The van der Waals surface area contributed by atoms with Crippen LogP contribution < -0.4 is 10.1 Å². The highest BCUT2D eigenvalue weighted by atomic mass is 35.5. The Balaban J connectivity index is 1.74. The Kier molecular flexibility index (Phi) is 8.60. The number of aryl methyl sites for hydroxylation is 1. The number of alkyl halides is 1. The molecule has 226 valence electrons. The number of halogens is 3. The molecule has 1 aliphatic heterocycles. The van der Waals surface area contributed by atoms with Gasteiger partial charge in [0.15, 0.2) is 17.7 Å². The summed E-state index contributed by atoms with van der Waals surface area (Å²) in [6, 6.07) is 7.54. The van der Waals surface area contributed by atoms with Gasteiger partial charge in [0.2, 0.25) is 5.67 Å². The molecule has 2 aromatic heterocycles. The Bertz CT molecular complexity index is 1710. The molecule has 0 amide bonds. The summed E-state index contributed by atoms with van der Waals surface area (Å²) in [6.45, 7) is 2.67. The van der Waals surface area contributed by atoms with E-state index in [1.165, 1.54) is 26.0 Å². The number of carbonyl (C=O) groups excluding carboxylic acids is 1. The Hall–Kier alpha value is -3.27. The minimum absolute atomic E-state index is 0.00405. The Morgan fingerprint density at radius 1 is 1.38 bits per heavy atom. The maximum absolute atomic E-state index is 16.5. The highest BCUT2D eigenvalue weighted by molar-refractivity contribution is 7.54. The predicted octanol–water partition coefficient (Wildman–Crippen LogP) is 4.21. The number of nitrogens with one attached hydrogen (secondary N) is 1. The van der Waals surface area contributed by atoms with Crippen LogP contribution in [0.15, 0.2) is 41.3 Å². The second-order valence-corrected chi connectivity index (χ2v) is 12.0. The smallest absolute Gasteiger partial charge is 0.380 e. The molecule has 6 atom stereocenters. The molecular weight excluding hydrogens is 599 g/mol. The van der Waals surface area contributed by atoms with Gasteiger partial charge in [-0.25, -0.2) is 18.3 Å². The van der Waals surface area contributed by atoms with Crippen molar-refractivity contribution >= 4 is 36.2 Å². The van der Waals surface area contributed by atoms with Gasteiger partial charge in [0, 0.05) is 11.6 Å². The fraction of sp³-hybridized carbons (Fsp3) is 0.444. The van der Waals surface area contributed by atoms with Gasteiger partial charge in [-0.1, -0.05) is 25.1 Å². The molecule has 1 saturated heterocycles. The van der Waals surface area contributed by atoms with Crippen LogP contribution in [0.2, 0.25) is 0 Å². The number of hydrogen-bond acceptors (Lipinski definition) is 9. The van der Waals surface area contributed by atoms with Crippen LogP contribution in [0.4, 0.5) is 8.78 Å². The molecule has 0 spiro atoms. The van der Waals surface area contributed by atoms with Crippen molar-refractivity contribution in [3.63, 3.8) is 0 Å². The maximum atomic E-state index is 16.5. The highest BCUT2D eigenvalue weighted by Crippen LogP contribution is 2.51. The summed E-state index contributed by atoms with van der Waals surface area (Å²) >= 11 is 5.49. The van der Waals surface area contributed by atoms with Gasteiger partial charge in [0.1, 0.15) is 29.2 Å². The van der Waals surface area contributed by atoms with Crippen LogP contribution in [0.5, 0.6) is 5.75 Å². The molecular formula is C27H29ClF2N3O8P. The lowest BCUT2D eigenvalue weighted by Crippen LogP contribution is -2.42. The quantitative estimate of drug-likeness (QED) is 0.192. The molecule has 15 heteroatoms. The first kappa shape index (κ1) is 28.8. The van der Waals surface area contributed by atoms with E-state index in [0.29, 0.717) is 6.20 Å². The van der Waals surface area contributed by atoms with E-state index in [1.807, 2.05) is 5.92 Å². The van der Waals surface area contributed by atoms with E-state index in [0.717, 1.165) is 4.57 Å². The number of nitrogens with zero attached hydrogens (tertiary/aromatic N) is 2. The Labute approximate surface area is 247 Å². The molecule has 11 nitrogen and oxygen atoms in total. The zero-order valence-corrected chi connectivity index (χ0v) is 24.5. The number of hydrogen-bond donors (Lipinski definition) is 2. The number of fused-ring (bicyclic) bond motifs is 1. The van der Waals surface area contributed by atoms with Gasteiger partial charge in [-0.3, -0.25) is 18.7 Å². The van der Waals surface area contributed by atoms with E-state index >= 15 is 4.39 Å². The second-order valence-electron chi connectivity index (χ2n) is 9.87. The number of esters is 1. The van der Waals surface area contributed by atoms with E-state index < -0.39 is 84.8 Å². The summed E-state index contributed by atoms with van der Waals surface area (Å²) in [7, 11) is -4.67. The van der Waals surface area contributed by atoms with Crippen molar-refractivity contribution in [1.82, 2.24) is 14.5 Å². The summed E-state index contributed by atoms with van der Waals surface area (Å²) in [5, 5.41) is 12.3. The number of carbonyl (C=O) groups is 1. The topological polar surface area (TPSA) is 142 Å². The summed E-state index contributed by atoms with van der Waals surface area (Å²) in [5.74, 6) is -1.04. The van der Waals surface area contributed by atoms with Crippen molar-refractivity contribution in [3.05, 3.63) is 58.5 Å². The van der Waals surface area contributed by atoms with E-state index in [1.54, 1.807) is 37.4 Å². The number of aromatic amines is 1. The Morgan fingerprint density at radius 3 is 2.71 bits per heavy atom. The number of H-pyrrole nitrogens is 1. The van der Waals surface area contributed by atoms with Gasteiger partial charge >= 0.3 is 13.6 Å². The van der Waals surface area contributed by atoms with Crippen molar-refractivity contribution in [3.8, 4) is 17.0 Å². The van der Waals surface area contributed by atoms with Gasteiger partial charge in [-0.15, -0.1) is 0 Å². The summed E-state index contributed by atoms with van der Waals surface area (Å²) in [5.41, 5.74) is -4.50. The first-order valence-corrected chi connectivity index (χ1v) is 14.8. The minimum Gasteiger partial charge on any atom is -0.463 e. The van der Waals surface area contributed by atoms with Crippen molar-refractivity contribution < 1.29 is 44.5 Å². The lowest BCUT2D eigenvalue weighted by atomic mass is 9.97. The summed E-state index contributed by atoms with van der Waals surface area (Å²) in [4.78, 5) is 31.3. The molecule has 1 aromatic carbocycles. The van der Waals surface area contributed by atoms with Crippen LogP contribution in [-0.4, -0.2) is 62.3 Å². The predicted molar refractivity (Wildman–Crippen MR) is 148 cm³/mol. The third kappa shape index (κ3) is 6.53. The Morgan fingerprint density at radius 2 is 2.07 bits per heavy atom. The third-order valence-corrected chi connectivity index (χ3v) is 8.11. The lowest BCUT2D eigenvalue weighted by molar-refractivity contribution is -0.151. The largest absolute Gasteiger partial charge is 0.463 e. The van der Waals surface area contributed by atoms with Crippen LogP contribution in [-0.2, 0) is 23.4 Å². The molecule has 4 rings (SSSR count). The van der Waals surface area contributed by atoms with Crippen molar-refractivity contribution in [2.45, 2.75) is 57.9 Å². The molecule has 42 heavy (non-hydrogen) atoms. The molecule has 1 unspecified atom stereocenters. The molecule has 0 radical (unpaired) electrons. The first-order valence-electron chi connectivity index (χ1n) is 13.7. The fourth-order valence-electron chi connectivity index (χ4n) is 4.27. The van der Waals surface area contributed by atoms with Crippen LogP contribution in [0.3, 0.4) is 0 Å². The number of rotatable bonds is 10. The average molecular weight is 630 g/mol. The number of para-hydroxylation sites is 1.